The maximum absolute atomic E-state index is 12.2. The number of anilines is 13. The Morgan fingerprint density at radius 3 is 1.12 bits per heavy atom. The Morgan fingerprint density at radius 2 is 0.692 bits per heavy atom. The molecule has 9 amide bonds. The quantitative estimate of drug-likeness (QED) is 0.0447. The van der Waals surface area contributed by atoms with Gasteiger partial charge in [-0.2, -0.15) is 0 Å². The van der Waals surface area contributed by atoms with Crippen LogP contribution in [0.3, 0.4) is 0 Å². The molecule has 0 unspecified atom stereocenters. The molecule has 0 fully saturated rings. The van der Waals surface area contributed by atoms with Crippen LogP contribution in [0.1, 0.15) is 292 Å². The van der Waals surface area contributed by atoms with Crippen LogP contribution in [0, 0.1) is 146 Å². The number of benzene rings is 5. The first-order valence-electron chi connectivity index (χ1n) is 48.3. The van der Waals surface area contributed by atoms with Crippen molar-refractivity contribution in [3.63, 3.8) is 0 Å². The lowest BCUT2D eigenvalue weighted by Crippen LogP contribution is -2.28. The molecule has 17 N–H and O–H groups in total. The summed E-state index contributed by atoms with van der Waals surface area (Å²) >= 11 is 5.75. The van der Waals surface area contributed by atoms with E-state index in [-0.39, 0.29) is 69.4 Å². The molecule has 0 spiro atoms. The maximum atomic E-state index is 12.2. The first kappa shape index (κ1) is 128. The van der Waals surface area contributed by atoms with E-state index in [4.69, 9.17) is 39.3 Å². The van der Waals surface area contributed by atoms with Crippen molar-refractivity contribution in [3.8, 4) is 5.75 Å². The fourth-order valence-electron chi connectivity index (χ4n) is 11.7. The number of carbonyl (C=O) groups excluding carboxylic acids is 9. The molecule has 0 atom stereocenters. The van der Waals surface area contributed by atoms with Crippen LogP contribution < -0.4 is 75.5 Å². The normalized spacial score (nSPS) is 11.4. The minimum absolute atomic E-state index is 0.00644. The van der Waals surface area contributed by atoms with Gasteiger partial charge in [-0.1, -0.05) is 256 Å². The molecule has 0 bridgehead atoms. The Kier molecular flexibility index (Phi) is 46.5. The van der Waals surface area contributed by atoms with E-state index < -0.39 is 37.9 Å². The van der Waals surface area contributed by atoms with Crippen molar-refractivity contribution < 1.29 is 47.9 Å². The lowest BCUT2D eigenvalue weighted by atomic mass is 9.86. The molecule has 0 saturated carbocycles. The van der Waals surface area contributed by atoms with E-state index in [2.05, 4.69) is 172 Å². The van der Waals surface area contributed by atoms with Crippen molar-refractivity contribution in [2.75, 3.05) is 77.9 Å². The smallest absolute Gasteiger partial charge is 0.230 e. The summed E-state index contributed by atoms with van der Waals surface area (Å²) in [6.45, 7) is 84.1. The van der Waals surface area contributed by atoms with Crippen molar-refractivity contribution in [3.05, 3.63) is 187 Å². The van der Waals surface area contributed by atoms with E-state index in [9.17, 15) is 43.2 Å². The van der Waals surface area contributed by atoms with Gasteiger partial charge in [-0.3, -0.25) is 43.2 Å². The molecule has 5 aromatic heterocycles. The number of hydrogen-bond donors (Lipinski definition) is 13. The van der Waals surface area contributed by atoms with E-state index in [1.807, 2.05) is 257 Å². The van der Waals surface area contributed by atoms with Gasteiger partial charge in [0.05, 0.1) is 29.9 Å². The van der Waals surface area contributed by atoms with Gasteiger partial charge < -0.3 is 75.5 Å². The van der Waals surface area contributed by atoms with Gasteiger partial charge in [-0.15, -0.1) is 0 Å². The predicted octanol–water partition coefficient (Wildman–Crippen LogP) is 23.8. The fraction of sp³-hybridized carbons (Fsp3) is 0.491. The number of nitrogens with one attached hydrogen (secondary N) is 9. The third-order valence-electron chi connectivity index (χ3n) is 22.0. The molecule has 33 nitrogen and oxygen atoms in total. The number of methoxy groups -OCH3 is 1. The lowest BCUT2D eigenvalue weighted by Gasteiger charge is -2.24. The molecule has 0 aliphatic heterocycles. The highest BCUT2D eigenvalue weighted by Crippen LogP contribution is 2.40. The number of nitrogens with zero attached hydrogens (tertiary/aromatic N) is 10. The third kappa shape index (κ3) is 42.5. The van der Waals surface area contributed by atoms with Gasteiger partial charge in [0, 0.05) is 107 Å². The lowest BCUT2D eigenvalue weighted by molar-refractivity contribution is -0.123. The zero-order valence-electron chi connectivity index (χ0n) is 95.5. The number of nitrogens with two attached hydrogens (primary N) is 4. The van der Waals surface area contributed by atoms with Gasteiger partial charge in [0.2, 0.25) is 53.2 Å². The molecular weight excluding hydrogens is 1860 g/mol. The molecule has 0 saturated heterocycles. The molecule has 798 valence electrons. The summed E-state index contributed by atoms with van der Waals surface area (Å²) in [6, 6.07) is 24.5. The molecule has 10 rings (SSSR count). The highest BCUT2D eigenvalue weighted by atomic mass is 35.5. The van der Waals surface area contributed by atoms with E-state index >= 15 is 0 Å². The summed E-state index contributed by atoms with van der Waals surface area (Å²) in [5.74, 6) is 4.59. The first-order chi connectivity index (χ1) is 66.2. The molecule has 10 aromatic rings. The number of halogens is 1. The molecule has 34 heteroatoms. The van der Waals surface area contributed by atoms with Crippen LogP contribution in [-0.2, 0) is 48.6 Å². The number of aromatic nitrogens is 10. The first-order valence-corrected chi connectivity index (χ1v) is 48.6. The zero-order valence-corrected chi connectivity index (χ0v) is 96.2. The molecular formula is C112H168ClN23O10. The number of fused-ring (bicyclic) bond motifs is 1. The highest BCUT2D eigenvalue weighted by Gasteiger charge is 2.32. The Morgan fingerprint density at radius 1 is 0.308 bits per heavy atom. The maximum Gasteiger partial charge on any atom is 0.230 e. The van der Waals surface area contributed by atoms with Crippen LogP contribution in [-0.4, -0.2) is 110 Å². The van der Waals surface area contributed by atoms with Crippen LogP contribution in [0.4, 0.5) is 74.7 Å². The molecule has 0 radical (unpaired) electrons. The van der Waals surface area contributed by atoms with E-state index in [1.165, 1.54) is 63.6 Å². The van der Waals surface area contributed by atoms with Crippen LogP contribution >= 0.6 is 11.6 Å². The largest absolute Gasteiger partial charge is 0.492 e. The minimum atomic E-state index is -0.475. The number of aryl methyl sites for hydroxylation is 8. The van der Waals surface area contributed by atoms with Crippen LogP contribution in [0.15, 0.2) is 97.7 Å². The van der Waals surface area contributed by atoms with Gasteiger partial charge in [0.25, 0.3) is 0 Å². The second-order valence-corrected chi connectivity index (χ2v) is 46.6. The third-order valence-corrected chi connectivity index (χ3v) is 22.2. The second-order valence-electron chi connectivity index (χ2n) is 46.2. The van der Waals surface area contributed by atoms with Crippen LogP contribution in [0.25, 0.3) is 10.8 Å². The fourth-order valence-corrected chi connectivity index (χ4v) is 11.9. The highest BCUT2D eigenvalue weighted by molar-refractivity contribution is 6.29. The second kappa shape index (κ2) is 52.9. The van der Waals surface area contributed by atoms with Crippen LogP contribution in [0.2, 0.25) is 5.15 Å². The van der Waals surface area contributed by atoms with Crippen LogP contribution in [0.5, 0.6) is 5.75 Å². The molecule has 5 aromatic carbocycles. The standard InChI is InChI=1S/C16H26N2O2.C16H19NO.C16H25NO.C14H22N2O.C10H14ClN3O.2C10H16N4O.2C10H15N3O/c1-15(2,3)10-8-11(17)13(20-7)12(9-10)18-14(19)16(4,5)6;1-11-7-5-9-13-12(11)8-6-10-14(13)17-15(18)16(2,3)4;1-9-10(2)12(4)14(13(5)11(9)3)17-15(18)16(6,7)8;1-8-7-9(2)12(10(3)11(8)15)16-13(17)14(4,5)6;1-6-12-7(11)5-8(13-6)14-9(15)10(2,3)4;1-6-7(11)8(13-5-12-6)14-9(15)10(2,3)4;1-6-12-7(11)5-8(13-6)14-9(15)10(2,3)4;1-7-5-8(12-6-11-7)13-9(14)10(2,3)4;1-7-11-6-5-8(12-7)13-9(14)10(2,3)4/h8-9H,17H2,1-7H3,(H,18,19);5-10H,1-4H3,(H,17,18);1-8H3,(H,17,18);7H,15H2,1-6H3,(H,16,17);5H,1-4H3,(H,12,13,14,15);5H,11H2,1-4H3,(H,12,13,14,15);5H,1-4H3,(H3,11,12,13,14,15);2*5-6H,1-4H3,(H,11,12,13,14). The summed E-state index contributed by atoms with van der Waals surface area (Å²) in [6.07, 6.45) is 4.44. The summed E-state index contributed by atoms with van der Waals surface area (Å²) in [7, 11) is 1.55. The molecule has 5 heterocycles. The van der Waals surface area contributed by atoms with Gasteiger partial charge in [0.15, 0.2) is 11.6 Å². The van der Waals surface area contributed by atoms with Gasteiger partial charge in [0.1, 0.15) is 64.4 Å². The number of amides is 9. The van der Waals surface area contributed by atoms with Crippen molar-refractivity contribution in [1.82, 2.24) is 49.8 Å². The molecule has 146 heavy (non-hydrogen) atoms. The Hall–Kier alpha value is -13.7. The number of hydrogen-bond acceptors (Lipinski definition) is 24. The zero-order chi connectivity index (χ0) is 113. The monoisotopic (exact) mass is 2030 g/mol. The topological polar surface area (TPSA) is 504 Å². The Balaban J connectivity index is 0.000000556. The number of carbonyl (C=O) groups is 9. The van der Waals surface area contributed by atoms with Crippen molar-refractivity contribution in [2.24, 2.45) is 48.7 Å². The van der Waals surface area contributed by atoms with Gasteiger partial charge in [-0.05, 0) is 188 Å². The van der Waals surface area contributed by atoms with Crippen molar-refractivity contribution in [1.29, 1.82) is 0 Å². The average Bonchev–Trinajstić information content (AvgIpc) is 0.794. The molecule has 0 aliphatic carbocycles. The summed E-state index contributed by atoms with van der Waals surface area (Å²) in [4.78, 5) is 146. The SMILES string of the molecule is COc1c(N)cc(C(C)(C)C)cc1NC(=O)C(C)(C)C.Cc1c(C)c(C)c(NC(=O)C(C)(C)C)c(C)c1C.Cc1cc(C)c(NC(=O)C(C)(C)C)c(C)c1N.Cc1cc(NC(=O)C(C)(C)C)ncn1.Cc1cccc2c(NC(=O)C(C)(C)C)cccc12.Cc1nc(Cl)cc(NC(=O)C(C)(C)C)n1.Cc1nc(N)cc(NC(=O)C(C)(C)C)n1.Cc1nccc(NC(=O)C(C)(C)C)n1.Cc1ncnc(NC(=O)C(C)(C)C)c1N. The summed E-state index contributed by atoms with van der Waals surface area (Å²) in [5.41, 5.74) is 37.5. The summed E-state index contributed by atoms with van der Waals surface area (Å²) < 4.78 is 5.32. The Labute approximate surface area is 872 Å². The minimum Gasteiger partial charge on any atom is -0.492 e. The van der Waals surface area contributed by atoms with Crippen molar-refractivity contribution in [2.45, 2.75) is 310 Å². The number of rotatable bonds is 10. The average molecular weight is 2030 g/mol. The van der Waals surface area contributed by atoms with Crippen molar-refractivity contribution >= 4 is 150 Å². The van der Waals surface area contributed by atoms with Gasteiger partial charge in [-0.25, -0.2) is 49.8 Å². The van der Waals surface area contributed by atoms with E-state index in [0.717, 1.165) is 56.1 Å². The predicted molar refractivity (Wildman–Crippen MR) is 600 cm³/mol. The number of nitrogen functional groups attached to an aromatic ring is 4. The van der Waals surface area contributed by atoms with E-state index in [1.54, 1.807) is 53.1 Å². The Bertz CT molecular complexity index is 6050. The molecule has 0 aliphatic rings. The van der Waals surface area contributed by atoms with Gasteiger partial charge >= 0.3 is 0 Å². The van der Waals surface area contributed by atoms with E-state index in [0.29, 0.717) is 86.0 Å². The summed E-state index contributed by atoms with van der Waals surface area (Å²) in [5, 5.41) is 28.1. The number of ether oxygens (including phenoxy) is 1.